The van der Waals surface area contributed by atoms with Crippen molar-refractivity contribution < 1.29 is 9.53 Å². The van der Waals surface area contributed by atoms with Crippen LogP contribution in [0, 0.1) is 6.92 Å². The number of hydrogen-bond donors (Lipinski definition) is 3. The summed E-state index contributed by atoms with van der Waals surface area (Å²) in [6.45, 7) is 7.51. The lowest BCUT2D eigenvalue weighted by Gasteiger charge is -2.26. The van der Waals surface area contributed by atoms with Crippen LogP contribution >= 0.6 is 11.3 Å². The first-order valence-corrected chi connectivity index (χ1v) is 12.7. The molecule has 3 atom stereocenters. The van der Waals surface area contributed by atoms with Gasteiger partial charge in [-0.1, -0.05) is 6.07 Å². The lowest BCUT2D eigenvalue weighted by atomic mass is 9.91. The summed E-state index contributed by atoms with van der Waals surface area (Å²) in [7, 11) is 0. The van der Waals surface area contributed by atoms with Crippen molar-refractivity contribution in [2.45, 2.75) is 64.3 Å². The summed E-state index contributed by atoms with van der Waals surface area (Å²) in [6, 6.07) is 8.09. The van der Waals surface area contributed by atoms with E-state index in [-0.39, 0.29) is 30.2 Å². The normalized spacial score (nSPS) is 22.4. The maximum atomic E-state index is 13.0. The lowest BCUT2D eigenvalue weighted by Crippen LogP contribution is -2.39. The van der Waals surface area contributed by atoms with Crippen LogP contribution in [0.25, 0.3) is 10.2 Å². The molecule has 1 aliphatic carbocycles. The van der Waals surface area contributed by atoms with Gasteiger partial charge in [0.1, 0.15) is 15.5 Å². The molecule has 3 aromatic heterocycles. The first-order valence-electron chi connectivity index (χ1n) is 11.9. The first kappa shape index (κ1) is 23.0. The Morgan fingerprint density at radius 1 is 1.24 bits per heavy atom. The van der Waals surface area contributed by atoms with Crippen molar-refractivity contribution in [1.29, 1.82) is 0 Å². The number of rotatable bonds is 5. The second kappa shape index (κ2) is 9.13. The van der Waals surface area contributed by atoms with Gasteiger partial charge < -0.3 is 26.4 Å². The third-order valence-corrected chi connectivity index (χ3v) is 7.72. The molecule has 9 heteroatoms. The summed E-state index contributed by atoms with van der Waals surface area (Å²) >= 11 is 1.35. The molecule has 3 aromatic rings. The fraction of sp³-hybridized carbons (Fsp3) is 0.480. The largest absolute Gasteiger partial charge is 0.397 e. The van der Waals surface area contributed by atoms with Gasteiger partial charge in [-0.3, -0.25) is 4.79 Å². The SMILES string of the molecule is Cc1ccc2c(N)c(C(=O)N[C@H]3CCc4nc(N5C[C@H](N)[C@H](OC(C)C)C5)ccc4C3)sc2n1. The summed E-state index contributed by atoms with van der Waals surface area (Å²) in [4.78, 5) is 26.0. The number of amides is 1. The van der Waals surface area contributed by atoms with Gasteiger partial charge in [0.25, 0.3) is 5.91 Å². The molecule has 1 aliphatic heterocycles. The van der Waals surface area contributed by atoms with E-state index in [1.54, 1.807) is 0 Å². The maximum Gasteiger partial charge on any atom is 0.263 e. The van der Waals surface area contributed by atoms with Gasteiger partial charge in [0, 0.05) is 35.9 Å². The molecule has 5 rings (SSSR count). The average Bonchev–Trinajstić information content (AvgIpc) is 3.32. The molecular formula is C25H32N6O2S. The van der Waals surface area contributed by atoms with Gasteiger partial charge in [-0.25, -0.2) is 9.97 Å². The van der Waals surface area contributed by atoms with Crippen molar-refractivity contribution in [3.8, 4) is 0 Å². The number of fused-ring (bicyclic) bond motifs is 2. The van der Waals surface area contributed by atoms with Gasteiger partial charge in [0.05, 0.1) is 23.9 Å². The Kier molecular flexibility index (Phi) is 6.18. The van der Waals surface area contributed by atoms with Crippen molar-refractivity contribution >= 4 is 39.0 Å². The van der Waals surface area contributed by atoms with E-state index in [2.05, 4.69) is 27.3 Å². The van der Waals surface area contributed by atoms with E-state index in [1.165, 1.54) is 16.9 Å². The number of thiophene rings is 1. The van der Waals surface area contributed by atoms with Crippen LogP contribution in [0.3, 0.4) is 0 Å². The van der Waals surface area contributed by atoms with E-state index < -0.39 is 0 Å². The van der Waals surface area contributed by atoms with Gasteiger partial charge in [0.2, 0.25) is 0 Å². The Hall–Kier alpha value is -2.75. The van der Waals surface area contributed by atoms with Crippen LogP contribution in [0.1, 0.15) is 46.9 Å². The second-order valence-corrected chi connectivity index (χ2v) is 10.6. The van der Waals surface area contributed by atoms with Crippen molar-refractivity contribution in [2.75, 3.05) is 23.7 Å². The molecular weight excluding hydrogens is 448 g/mol. The molecule has 0 aromatic carbocycles. The van der Waals surface area contributed by atoms with Gasteiger partial charge in [0.15, 0.2) is 0 Å². The Balaban J connectivity index is 1.25. The molecule has 0 saturated carbocycles. The number of carbonyl (C=O) groups is 1. The van der Waals surface area contributed by atoms with E-state index in [1.807, 2.05) is 32.9 Å². The summed E-state index contributed by atoms with van der Waals surface area (Å²) in [5, 5.41) is 4.03. The molecule has 4 heterocycles. The Bertz CT molecular complexity index is 1230. The molecule has 5 N–H and O–H groups in total. The molecule has 0 radical (unpaired) electrons. The van der Waals surface area contributed by atoms with Crippen molar-refractivity contribution in [3.63, 3.8) is 0 Å². The highest BCUT2D eigenvalue weighted by Gasteiger charge is 2.33. The van der Waals surface area contributed by atoms with E-state index >= 15 is 0 Å². The second-order valence-electron chi connectivity index (χ2n) is 9.63. The minimum Gasteiger partial charge on any atom is -0.397 e. The lowest BCUT2D eigenvalue weighted by molar-refractivity contribution is 0.0127. The standard InChI is InChI=1S/C25H32N6O2S/c1-13(2)33-20-12-31(11-18(20)26)21-9-5-15-10-16(6-8-19(15)30-21)29-24(32)23-22(27)17-7-4-14(3)28-25(17)34-23/h4-5,7,9,13,16,18,20H,6,8,10-12,26-27H2,1-3H3,(H,29,32)/t16-,18-,20+/m0/s1. The monoisotopic (exact) mass is 480 g/mol. The molecule has 34 heavy (non-hydrogen) atoms. The van der Waals surface area contributed by atoms with Crippen LogP contribution in [0.2, 0.25) is 0 Å². The smallest absolute Gasteiger partial charge is 0.263 e. The number of aromatic nitrogens is 2. The highest BCUT2D eigenvalue weighted by atomic mass is 32.1. The average molecular weight is 481 g/mol. The molecule has 1 saturated heterocycles. The number of hydrogen-bond acceptors (Lipinski definition) is 8. The quantitative estimate of drug-likeness (QED) is 0.514. The zero-order chi connectivity index (χ0) is 24.0. The molecule has 8 nitrogen and oxygen atoms in total. The fourth-order valence-corrected chi connectivity index (χ4v) is 5.93. The summed E-state index contributed by atoms with van der Waals surface area (Å²) in [5.74, 6) is 0.825. The zero-order valence-corrected chi connectivity index (χ0v) is 20.7. The van der Waals surface area contributed by atoms with Gasteiger partial charge >= 0.3 is 0 Å². The number of nitrogens with zero attached hydrogens (tertiary/aromatic N) is 3. The minimum atomic E-state index is -0.126. The van der Waals surface area contributed by atoms with Crippen molar-refractivity contribution in [2.24, 2.45) is 5.73 Å². The molecule has 1 fully saturated rings. The number of nitrogens with one attached hydrogen (secondary N) is 1. The Morgan fingerprint density at radius 2 is 2.06 bits per heavy atom. The van der Waals surface area contributed by atoms with E-state index in [0.717, 1.165) is 59.8 Å². The third-order valence-electron chi connectivity index (χ3n) is 6.60. The fourth-order valence-electron chi connectivity index (χ4n) is 4.89. The van der Waals surface area contributed by atoms with E-state index in [4.69, 9.17) is 21.2 Å². The van der Waals surface area contributed by atoms with E-state index in [0.29, 0.717) is 10.6 Å². The van der Waals surface area contributed by atoms with Crippen molar-refractivity contribution in [1.82, 2.24) is 15.3 Å². The number of carbonyl (C=O) groups excluding carboxylic acids is 1. The Morgan fingerprint density at radius 3 is 2.85 bits per heavy atom. The van der Waals surface area contributed by atoms with Crippen LogP contribution in [0.4, 0.5) is 11.5 Å². The van der Waals surface area contributed by atoms with Crippen LogP contribution < -0.4 is 21.7 Å². The molecule has 2 aliphatic rings. The van der Waals surface area contributed by atoms with Crippen LogP contribution in [-0.2, 0) is 17.6 Å². The molecule has 180 valence electrons. The third kappa shape index (κ3) is 4.47. The predicted molar refractivity (Wildman–Crippen MR) is 136 cm³/mol. The van der Waals surface area contributed by atoms with Gasteiger partial charge in [-0.05, 0) is 63.8 Å². The predicted octanol–water partition coefficient (Wildman–Crippen LogP) is 2.81. The van der Waals surface area contributed by atoms with E-state index in [9.17, 15) is 4.79 Å². The van der Waals surface area contributed by atoms with Crippen LogP contribution in [-0.4, -0.2) is 53.3 Å². The molecule has 0 bridgehead atoms. The Labute approximate surface area is 203 Å². The number of aryl methyl sites for hydroxylation is 2. The van der Waals surface area contributed by atoms with Gasteiger partial charge in [-0.15, -0.1) is 11.3 Å². The highest BCUT2D eigenvalue weighted by Crippen LogP contribution is 2.33. The van der Waals surface area contributed by atoms with Gasteiger partial charge in [-0.2, -0.15) is 0 Å². The minimum absolute atomic E-state index is 0.0136. The number of nitrogens with two attached hydrogens (primary N) is 2. The summed E-state index contributed by atoms with van der Waals surface area (Å²) in [6.07, 6.45) is 2.61. The molecule has 1 amide bonds. The highest BCUT2D eigenvalue weighted by molar-refractivity contribution is 7.21. The van der Waals surface area contributed by atoms with Crippen LogP contribution in [0.5, 0.6) is 0 Å². The molecule has 0 unspecified atom stereocenters. The summed E-state index contributed by atoms with van der Waals surface area (Å²) in [5.41, 5.74) is 16.3. The topological polar surface area (TPSA) is 119 Å². The number of pyridine rings is 2. The zero-order valence-electron chi connectivity index (χ0n) is 19.9. The number of anilines is 2. The van der Waals surface area contributed by atoms with Crippen molar-refractivity contribution in [3.05, 3.63) is 46.1 Å². The first-order chi connectivity index (χ1) is 16.3. The number of nitrogen functional groups attached to an aromatic ring is 1. The van der Waals surface area contributed by atoms with Crippen LogP contribution in [0.15, 0.2) is 24.3 Å². The maximum absolute atomic E-state index is 13.0. The molecule has 0 spiro atoms. The number of ether oxygens (including phenoxy) is 1. The summed E-state index contributed by atoms with van der Waals surface area (Å²) < 4.78 is 5.96.